The topological polar surface area (TPSA) is 26.3 Å². The largest absolute Gasteiger partial charge is 0.365 e. The van der Waals surface area contributed by atoms with Gasteiger partial charge in [0.05, 0.1) is 6.61 Å². The van der Waals surface area contributed by atoms with Gasteiger partial charge in [-0.05, 0) is 68.8 Å². The van der Waals surface area contributed by atoms with Gasteiger partial charge in [-0.25, -0.2) is 0 Å². The zero-order chi connectivity index (χ0) is 15.2. The Balaban J connectivity index is 1.47. The van der Waals surface area contributed by atoms with E-state index in [0.29, 0.717) is 6.61 Å². The Hall–Kier alpha value is -1.15. The highest BCUT2D eigenvalue weighted by Crippen LogP contribution is 2.61. The standard InChI is InChI=1S/C20H26O2/c1-14-2-4-15(5-3-14)13-22-19(12-21)20-9-16-6-17(10-20)8-18(7-16)11-20/h2-5,12,16-19H,6-11,13H2,1H3. The second kappa shape index (κ2) is 5.49. The van der Waals surface area contributed by atoms with Gasteiger partial charge < -0.3 is 9.53 Å². The number of rotatable bonds is 5. The van der Waals surface area contributed by atoms with Crippen LogP contribution in [0.4, 0.5) is 0 Å². The highest BCUT2D eigenvalue weighted by molar-refractivity contribution is 5.58. The van der Waals surface area contributed by atoms with Crippen LogP contribution in [-0.4, -0.2) is 12.4 Å². The van der Waals surface area contributed by atoms with E-state index in [2.05, 4.69) is 31.2 Å². The van der Waals surface area contributed by atoms with Crippen molar-refractivity contribution in [1.82, 2.24) is 0 Å². The molecule has 118 valence electrons. The number of carbonyl (C=O) groups is 1. The third kappa shape index (κ3) is 2.52. The Bertz CT molecular complexity index is 510. The van der Waals surface area contributed by atoms with E-state index in [0.717, 1.165) is 24.0 Å². The molecular formula is C20H26O2. The van der Waals surface area contributed by atoms with Gasteiger partial charge in [0, 0.05) is 5.41 Å². The molecule has 1 aromatic carbocycles. The molecular weight excluding hydrogens is 272 g/mol. The first kappa shape index (κ1) is 14.4. The molecule has 5 rings (SSSR count). The number of hydrogen-bond donors (Lipinski definition) is 0. The molecule has 4 bridgehead atoms. The van der Waals surface area contributed by atoms with Crippen LogP contribution in [0.2, 0.25) is 0 Å². The molecule has 0 aromatic heterocycles. The number of aryl methyl sites for hydroxylation is 1. The van der Waals surface area contributed by atoms with E-state index >= 15 is 0 Å². The number of hydrogen-bond acceptors (Lipinski definition) is 2. The first-order valence-electron chi connectivity index (χ1n) is 8.79. The van der Waals surface area contributed by atoms with Crippen LogP contribution in [0.25, 0.3) is 0 Å². The van der Waals surface area contributed by atoms with Gasteiger partial charge in [-0.2, -0.15) is 0 Å². The van der Waals surface area contributed by atoms with E-state index in [9.17, 15) is 4.79 Å². The van der Waals surface area contributed by atoms with Gasteiger partial charge in [-0.3, -0.25) is 0 Å². The molecule has 0 radical (unpaired) electrons. The lowest BCUT2D eigenvalue weighted by atomic mass is 9.48. The van der Waals surface area contributed by atoms with Gasteiger partial charge in [-0.1, -0.05) is 29.8 Å². The Morgan fingerprint density at radius 1 is 1.09 bits per heavy atom. The molecule has 4 aliphatic carbocycles. The monoisotopic (exact) mass is 298 g/mol. The number of ether oxygens (including phenoxy) is 1. The maximum Gasteiger partial charge on any atom is 0.149 e. The van der Waals surface area contributed by atoms with Crippen molar-refractivity contribution < 1.29 is 9.53 Å². The van der Waals surface area contributed by atoms with Gasteiger partial charge in [0.25, 0.3) is 0 Å². The lowest BCUT2D eigenvalue weighted by Gasteiger charge is -2.58. The van der Waals surface area contributed by atoms with Gasteiger partial charge >= 0.3 is 0 Å². The van der Waals surface area contributed by atoms with E-state index in [1.807, 2.05) is 0 Å². The third-order valence-electron chi connectivity index (χ3n) is 6.36. The van der Waals surface area contributed by atoms with Crippen molar-refractivity contribution in [3.8, 4) is 0 Å². The summed E-state index contributed by atoms with van der Waals surface area (Å²) in [5, 5.41) is 0. The summed E-state index contributed by atoms with van der Waals surface area (Å²) >= 11 is 0. The smallest absolute Gasteiger partial charge is 0.149 e. The van der Waals surface area contributed by atoms with E-state index in [1.54, 1.807) is 0 Å². The minimum absolute atomic E-state index is 0.154. The van der Waals surface area contributed by atoms with E-state index in [-0.39, 0.29) is 11.5 Å². The normalized spacial score (nSPS) is 37.2. The van der Waals surface area contributed by atoms with Crippen LogP contribution in [0, 0.1) is 30.1 Å². The molecule has 0 saturated heterocycles. The third-order valence-corrected chi connectivity index (χ3v) is 6.36. The summed E-state index contributed by atoms with van der Waals surface area (Å²) in [6.45, 7) is 2.65. The molecule has 4 saturated carbocycles. The van der Waals surface area contributed by atoms with Gasteiger partial charge in [0.1, 0.15) is 12.4 Å². The summed E-state index contributed by atoms with van der Waals surface area (Å²) in [5.74, 6) is 2.57. The predicted octanol–water partition coefficient (Wildman–Crippen LogP) is 4.30. The molecule has 4 aliphatic rings. The molecule has 0 heterocycles. The van der Waals surface area contributed by atoms with Crippen LogP contribution in [0.5, 0.6) is 0 Å². The van der Waals surface area contributed by atoms with Crippen molar-refractivity contribution in [2.75, 3.05) is 0 Å². The Kier molecular flexibility index (Phi) is 3.60. The first-order valence-corrected chi connectivity index (χ1v) is 8.79. The van der Waals surface area contributed by atoms with Crippen LogP contribution in [0.15, 0.2) is 24.3 Å². The SMILES string of the molecule is Cc1ccc(COC(C=O)C23CC4CC(CC(C4)C2)C3)cc1. The van der Waals surface area contributed by atoms with E-state index in [1.165, 1.54) is 49.7 Å². The van der Waals surface area contributed by atoms with Gasteiger partial charge in [0.15, 0.2) is 0 Å². The Labute approximate surface area is 133 Å². The zero-order valence-corrected chi connectivity index (χ0v) is 13.5. The van der Waals surface area contributed by atoms with Crippen LogP contribution in [0.3, 0.4) is 0 Å². The van der Waals surface area contributed by atoms with Crippen molar-refractivity contribution in [2.24, 2.45) is 23.2 Å². The molecule has 1 unspecified atom stereocenters. The molecule has 0 N–H and O–H groups in total. The molecule has 2 nitrogen and oxygen atoms in total. The number of benzene rings is 1. The van der Waals surface area contributed by atoms with Crippen LogP contribution in [0.1, 0.15) is 49.7 Å². The molecule has 0 aliphatic heterocycles. The molecule has 1 aromatic rings. The lowest BCUT2D eigenvalue weighted by molar-refractivity contribution is -0.156. The van der Waals surface area contributed by atoms with E-state index < -0.39 is 0 Å². The quantitative estimate of drug-likeness (QED) is 0.758. The maximum absolute atomic E-state index is 11.8. The summed E-state index contributed by atoms with van der Waals surface area (Å²) in [6, 6.07) is 8.44. The highest BCUT2D eigenvalue weighted by Gasteiger charge is 2.54. The van der Waals surface area contributed by atoms with Gasteiger partial charge in [0.2, 0.25) is 0 Å². The summed E-state index contributed by atoms with van der Waals surface area (Å²) in [5.41, 5.74) is 2.58. The molecule has 1 atom stereocenters. The highest BCUT2D eigenvalue weighted by atomic mass is 16.5. The average molecular weight is 298 g/mol. The lowest BCUT2D eigenvalue weighted by Crippen LogP contribution is -2.52. The van der Waals surface area contributed by atoms with Gasteiger partial charge in [-0.15, -0.1) is 0 Å². The summed E-state index contributed by atoms with van der Waals surface area (Å²) < 4.78 is 6.13. The van der Waals surface area contributed by atoms with E-state index in [4.69, 9.17) is 4.74 Å². The van der Waals surface area contributed by atoms with Crippen LogP contribution < -0.4 is 0 Å². The summed E-state index contributed by atoms with van der Waals surface area (Å²) in [6.07, 6.45) is 8.76. The fourth-order valence-corrected chi connectivity index (χ4v) is 5.76. The van der Waals surface area contributed by atoms with Crippen molar-refractivity contribution in [3.05, 3.63) is 35.4 Å². The second-order valence-electron chi connectivity index (χ2n) is 8.13. The minimum Gasteiger partial charge on any atom is -0.365 e. The molecule has 2 heteroatoms. The Morgan fingerprint density at radius 2 is 1.64 bits per heavy atom. The Morgan fingerprint density at radius 3 is 2.14 bits per heavy atom. The molecule has 0 amide bonds. The number of aldehydes is 1. The van der Waals surface area contributed by atoms with Crippen LogP contribution in [-0.2, 0) is 16.1 Å². The molecule has 4 fully saturated rings. The molecule has 22 heavy (non-hydrogen) atoms. The minimum atomic E-state index is -0.206. The molecule has 0 spiro atoms. The first-order chi connectivity index (χ1) is 10.7. The average Bonchev–Trinajstić information content (AvgIpc) is 2.48. The maximum atomic E-state index is 11.8. The predicted molar refractivity (Wildman–Crippen MR) is 86.4 cm³/mol. The number of carbonyl (C=O) groups excluding carboxylic acids is 1. The fourth-order valence-electron chi connectivity index (χ4n) is 5.76. The van der Waals surface area contributed by atoms with Crippen LogP contribution >= 0.6 is 0 Å². The van der Waals surface area contributed by atoms with Crippen molar-refractivity contribution in [2.45, 2.75) is 58.2 Å². The van der Waals surface area contributed by atoms with Crippen molar-refractivity contribution >= 4 is 6.29 Å². The summed E-state index contributed by atoms with van der Waals surface area (Å²) in [7, 11) is 0. The fraction of sp³-hybridized carbons (Fsp3) is 0.650. The zero-order valence-electron chi connectivity index (χ0n) is 13.5. The second-order valence-corrected chi connectivity index (χ2v) is 8.13. The summed E-state index contributed by atoms with van der Waals surface area (Å²) in [4.78, 5) is 11.8. The van der Waals surface area contributed by atoms with Crippen molar-refractivity contribution in [1.29, 1.82) is 0 Å². The van der Waals surface area contributed by atoms with Crippen molar-refractivity contribution in [3.63, 3.8) is 0 Å².